The summed E-state index contributed by atoms with van der Waals surface area (Å²) in [6.07, 6.45) is 4.00. The van der Waals surface area contributed by atoms with Gasteiger partial charge < -0.3 is 4.57 Å². The molecule has 18 heavy (non-hydrogen) atoms. The maximum atomic E-state index is 4.27. The third-order valence-electron chi connectivity index (χ3n) is 2.28. The zero-order chi connectivity index (χ0) is 14.7. The normalized spacial score (nSPS) is 8.28. The van der Waals surface area contributed by atoms with Crippen LogP contribution in [0.25, 0.3) is 10.9 Å². The average molecular weight is 250 g/mol. The molecule has 0 amide bonds. The molecule has 0 aliphatic heterocycles. The van der Waals surface area contributed by atoms with Gasteiger partial charge in [-0.3, -0.25) is 4.98 Å². The van der Waals surface area contributed by atoms with Gasteiger partial charge in [0.2, 0.25) is 0 Å². The van der Waals surface area contributed by atoms with Crippen LogP contribution in [0.2, 0.25) is 0 Å². The molecule has 0 bridgehead atoms. The summed E-state index contributed by atoms with van der Waals surface area (Å²) in [5, 5.41) is 1.29. The van der Waals surface area contributed by atoms with Gasteiger partial charge in [0, 0.05) is 30.5 Å². The van der Waals surface area contributed by atoms with Crippen molar-refractivity contribution < 1.29 is 0 Å². The Balaban J connectivity index is 0. The second-order valence-electron chi connectivity index (χ2n) is 3.21. The monoisotopic (exact) mass is 250 g/mol. The first-order chi connectivity index (χ1) is 8.70. The van der Waals surface area contributed by atoms with Crippen molar-refractivity contribution in [2.24, 2.45) is 7.05 Å². The van der Waals surface area contributed by atoms with Gasteiger partial charge in [-0.15, -0.1) is 0 Å². The van der Waals surface area contributed by atoms with E-state index in [1.165, 1.54) is 16.5 Å². The summed E-state index contributed by atoms with van der Waals surface area (Å²) in [5.74, 6) is 0. The summed E-state index contributed by atoms with van der Waals surface area (Å²) in [4.78, 5) is 4.27. The van der Waals surface area contributed by atoms with Crippen molar-refractivity contribution in [1.29, 1.82) is 0 Å². The highest BCUT2D eigenvalue weighted by Gasteiger charge is 2.04. The van der Waals surface area contributed by atoms with Gasteiger partial charge in [-0.2, -0.15) is 0 Å². The summed E-state index contributed by atoms with van der Waals surface area (Å²) >= 11 is 0. The van der Waals surface area contributed by atoms with Crippen LogP contribution in [0.4, 0.5) is 0 Å². The third kappa shape index (κ3) is 4.52. The number of aromatic nitrogens is 2. The quantitative estimate of drug-likeness (QED) is 0.623. The van der Waals surface area contributed by atoms with Crippen LogP contribution in [-0.4, -0.2) is 9.55 Å². The molecule has 0 unspecified atom stereocenters. The first-order valence-electron chi connectivity index (χ1n) is 7.07. The first-order valence-corrected chi connectivity index (χ1v) is 7.07. The molecule has 0 fully saturated rings. The molecule has 0 aliphatic rings. The highest BCUT2D eigenvalue weighted by atomic mass is 14.9. The molecule has 0 saturated heterocycles. The van der Waals surface area contributed by atoms with Crippen molar-refractivity contribution in [2.45, 2.75) is 55.4 Å². The Morgan fingerprint density at radius 2 is 1.44 bits per heavy atom. The molecular formula is C16H30N2. The van der Waals surface area contributed by atoms with Crippen molar-refractivity contribution >= 4 is 10.9 Å². The number of hydrogen-bond donors (Lipinski definition) is 0. The molecule has 0 radical (unpaired) electrons. The van der Waals surface area contributed by atoms with E-state index in [1.54, 1.807) is 0 Å². The molecule has 2 rings (SSSR count). The first kappa shape index (κ1) is 19.0. The Morgan fingerprint density at radius 3 is 1.89 bits per heavy atom. The van der Waals surface area contributed by atoms with Gasteiger partial charge in [-0.05, 0) is 25.5 Å². The van der Waals surface area contributed by atoms with Crippen molar-refractivity contribution in [3.05, 3.63) is 29.7 Å². The van der Waals surface area contributed by atoms with E-state index in [9.17, 15) is 0 Å². The smallest absolute Gasteiger partial charge is 0.0514 e. The zero-order valence-electron chi connectivity index (χ0n) is 13.6. The molecule has 0 N–H and O–H groups in total. The van der Waals surface area contributed by atoms with E-state index in [1.807, 2.05) is 47.7 Å². The third-order valence-corrected chi connectivity index (χ3v) is 2.28. The summed E-state index contributed by atoms with van der Waals surface area (Å²) in [7, 11) is 2.06. The number of rotatable bonds is 0. The standard InChI is InChI=1S/C10H12N2.3C2H6/c1-7-6-12(3)9-4-5-11-8(2)10(7)9;3*1-2/h4-6H,1-3H3;3*1-2H3. The SMILES string of the molecule is CC.CC.CC.Cc1cn(C)c2ccnc(C)c12. The van der Waals surface area contributed by atoms with Gasteiger partial charge in [-0.1, -0.05) is 41.5 Å². The van der Waals surface area contributed by atoms with Gasteiger partial charge in [0.05, 0.1) is 5.52 Å². The number of aryl methyl sites for hydroxylation is 3. The number of pyridine rings is 1. The highest BCUT2D eigenvalue weighted by Crippen LogP contribution is 2.21. The molecule has 2 heteroatoms. The molecule has 104 valence electrons. The van der Waals surface area contributed by atoms with E-state index in [-0.39, 0.29) is 0 Å². The maximum absolute atomic E-state index is 4.27. The Hall–Kier alpha value is -1.31. The van der Waals surface area contributed by atoms with Crippen LogP contribution in [-0.2, 0) is 7.05 Å². The van der Waals surface area contributed by atoms with E-state index in [0.29, 0.717) is 0 Å². The van der Waals surface area contributed by atoms with E-state index in [0.717, 1.165) is 5.69 Å². The molecule has 0 spiro atoms. The fraction of sp³-hybridized carbons (Fsp3) is 0.562. The van der Waals surface area contributed by atoms with Crippen molar-refractivity contribution in [1.82, 2.24) is 9.55 Å². The van der Waals surface area contributed by atoms with Crippen LogP contribution in [0.1, 0.15) is 52.8 Å². The Kier molecular flexibility index (Phi) is 11.4. The minimum Gasteiger partial charge on any atom is -0.350 e. The fourth-order valence-corrected chi connectivity index (χ4v) is 1.76. The van der Waals surface area contributed by atoms with E-state index < -0.39 is 0 Å². The van der Waals surface area contributed by atoms with Gasteiger partial charge in [0.25, 0.3) is 0 Å². The van der Waals surface area contributed by atoms with Crippen LogP contribution in [0.5, 0.6) is 0 Å². The number of hydrogen-bond acceptors (Lipinski definition) is 1. The van der Waals surface area contributed by atoms with Gasteiger partial charge in [0.15, 0.2) is 0 Å². The lowest BCUT2D eigenvalue weighted by molar-refractivity contribution is 0.962. The van der Waals surface area contributed by atoms with Crippen molar-refractivity contribution in [3.63, 3.8) is 0 Å². The predicted octanol–water partition coefficient (Wildman–Crippen LogP) is 5.27. The van der Waals surface area contributed by atoms with Crippen LogP contribution in [0, 0.1) is 13.8 Å². The Labute approximate surface area is 113 Å². The second-order valence-corrected chi connectivity index (χ2v) is 3.21. The molecular weight excluding hydrogens is 220 g/mol. The minimum atomic E-state index is 1.12. The lowest BCUT2D eigenvalue weighted by Gasteiger charge is -1.97. The predicted molar refractivity (Wildman–Crippen MR) is 84.2 cm³/mol. The second kappa shape index (κ2) is 10.8. The largest absolute Gasteiger partial charge is 0.350 e. The van der Waals surface area contributed by atoms with Crippen LogP contribution >= 0.6 is 0 Å². The van der Waals surface area contributed by atoms with Crippen LogP contribution < -0.4 is 0 Å². The molecule has 0 aromatic carbocycles. The summed E-state index contributed by atoms with van der Waals surface area (Å²) in [6, 6.07) is 2.05. The van der Waals surface area contributed by atoms with E-state index in [4.69, 9.17) is 0 Å². The van der Waals surface area contributed by atoms with Crippen molar-refractivity contribution in [2.75, 3.05) is 0 Å². The van der Waals surface area contributed by atoms with Gasteiger partial charge in [-0.25, -0.2) is 0 Å². The fourth-order valence-electron chi connectivity index (χ4n) is 1.76. The minimum absolute atomic E-state index is 1.12. The summed E-state index contributed by atoms with van der Waals surface area (Å²) in [5.41, 5.74) is 3.68. The van der Waals surface area contributed by atoms with Crippen LogP contribution in [0.15, 0.2) is 18.5 Å². The highest BCUT2D eigenvalue weighted by molar-refractivity contribution is 5.85. The molecule has 0 atom stereocenters. The Morgan fingerprint density at radius 1 is 0.944 bits per heavy atom. The topological polar surface area (TPSA) is 17.8 Å². The molecule has 2 nitrogen and oxygen atoms in total. The summed E-state index contributed by atoms with van der Waals surface area (Å²) < 4.78 is 2.14. The van der Waals surface area contributed by atoms with Gasteiger partial charge in [0.1, 0.15) is 0 Å². The zero-order valence-corrected chi connectivity index (χ0v) is 13.6. The lowest BCUT2D eigenvalue weighted by Crippen LogP contribution is -1.85. The number of nitrogens with zero attached hydrogens (tertiary/aromatic N) is 2. The molecule has 0 saturated carbocycles. The average Bonchev–Trinajstić information content (AvgIpc) is 2.73. The van der Waals surface area contributed by atoms with E-state index in [2.05, 4.69) is 42.7 Å². The summed E-state index contributed by atoms with van der Waals surface area (Å²) in [6.45, 7) is 16.2. The number of fused-ring (bicyclic) bond motifs is 1. The molecule has 2 aromatic rings. The molecule has 2 heterocycles. The van der Waals surface area contributed by atoms with Crippen molar-refractivity contribution in [3.8, 4) is 0 Å². The molecule has 0 aliphatic carbocycles. The maximum Gasteiger partial charge on any atom is 0.0514 e. The Bertz CT molecular complexity index is 428. The van der Waals surface area contributed by atoms with E-state index >= 15 is 0 Å². The van der Waals surface area contributed by atoms with Gasteiger partial charge >= 0.3 is 0 Å². The van der Waals surface area contributed by atoms with Crippen LogP contribution in [0.3, 0.4) is 0 Å². The molecule has 2 aromatic heterocycles. The lowest BCUT2D eigenvalue weighted by atomic mass is 10.2.